The number of nitrogens with one attached hydrogen (secondary N) is 1. The Bertz CT molecular complexity index is 386. The minimum Gasteiger partial charge on any atom is -0.480 e. The molecule has 0 aromatic heterocycles. The van der Waals surface area contributed by atoms with Gasteiger partial charge in [0.2, 0.25) is 0 Å². The number of amides is 2. The number of piperidine rings is 1. The lowest BCUT2D eigenvalue weighted by molar-refractivity contribution is -0.141. The molecule has 0 spiro atoms. The molecule has 0 aliphatic carbocycles. The van der Waals surface area contributed by atoms with Crippen LogP contribution < -0.4 is 5.32 Å². The van der Waals surface area contributed by atoms with Gasteiger partial charge in [-0.05, 0) is 52.2 Å². The SMILES string of the molecule is CC1SCC(C(=O)O)N1C(=O)NCCC1CCN(C)CC1. The number of urea groups is 1. The van der Waals surface area contributed by atoms with Crippen molar-refractivity contribution in [3.8, 4) is 0 Å². The lowest BCUT2D eigenvalue weighted by atomic mass is 9.94. The molecule has 2 saturated heterocycles. The minimum absolute atomic E-state index is 0.0746. The molecule has 2 fully saturated rings. The number of hydrogen-bond acceptors (Lipinski definition) is 4. The van der Waals surface area contributed by atoms with Gasteiger partial charge in [-0.1, -0.05) is 0 Å². The normalized spacial score (nSPS) is 27.8. The second kappa shape index (κ2) is 7.35. The molecule has 2 aliphatic rings. The summed E-state index contributed by atoms with van der Waals surface area (Å²) in [5, 5.41) is 12.0. The summed E-state index contributed by atoms with van der Waals surface area (Å²) < 4.78 is 0. The van der Waals surface area contributed by atoms with Crippen molar-refractivity contribution in [1.29, 1.82) is 0 Å². The highest BCUT2D eigenvalue weighted by molar-refractivity contribution is 8.00. The number of likely N-dealkylation sites (tertiary alicyclic amines) is 1. The maximum Gasteiger partial charge on any atom is 0.327 e. The predicted octanol–water partition coefficient (Wildman–Crippen LogP) is 1.28. The Morgan fingerprint density at radius 3 is 2.62 bits per heavy atom. The van der Waals surface area contributed by atoms with Crippen molar-refractivity contribution in [2.75, 3.05) is 32.4 Å². The van der Waals surface area contributed by atoms with E-state index in [2.05, 4.69) is 17.3 Å². The molecule has 2 atom stereocenters. The molecule has 21 heavy (non-hydrogen) atoms. The highest BCUT2D eigenvalue weighted by atomic mass is 32.2. The van der Waals surface area contributed by atoms with Crippen LogP contribution in [0, 0.1) is 5.92 Å². The van der Waals surface area contributed by atoms with Crippen LogP contribution in [0.1, 0.15) is 26.2 Å². The number of carboxylic acid groups (broad SMARTS) is 1. The first kappa shape index (κ1) is 16.4. The first-order chi connectivity index (χ1) is 9.99. The summed E-state index contributed by atoms with van der Waals surface area (Å²) >= 11 is 1.51. The van der Waals surface area contributed by atoms with Crippen LogP contribution in [0.25, 0.3) is 0 Å². The van der Waals surface area contributed by atoms with Crippen molar-refractivity contribution in [2.45, 2.75) is 37.6 Å². The quantitative estimate of drug-likeness (QED) is 0.817. The van der Waals surface area contributed by atoms with Gasteiger partial charge in [0.15, 0.2) is 0 Å². The highest BCUT2D eigenvalue weighted by Crippen LogP contribution is 2.28. The number of carbonyl (C=O) groups excluding carboxylic acids is 1. The van der Waals surface area contributed by atoms with Gasteiger partial charge in [0.05, 0.1) is 5.37 Å². The number of carboxylic acids is 1. The standard InChI is InChI=1S/C14H25N3O3S/c1-10-17(12(9-21-10)13(18)19)14(20)15-6-3-11-4-7-16(2)8-5-11/h10-12H,3-9H2,1-2H3,(H,15,20)(H,18,19). The molecule has 2 heterocycles. The number of thioether (sulfide) groups is 1. The van der Waals surface area contributed by atoms with Gasteiger partial charge in [-0.2, -0.15) is 0 Å². The van der Waals surface area contributed by atoms with Crippen LogP contribution in [-0.4, -0.2) is 70.8 Å². The van der Waals surface area contributed by atoms with Crippen molar-refractivity contribution in [2.24, 2.45) is 5.92 Å². The molecule has 0 bridgehead atoms. The Morgan fingerprint density at radius 1 is 1.33 bits per heavy atom. The molecule has 2 aliphatic heterocycles. The predicted molar refractivity (Wildman–Crippen MR) is 83.4 cm³/mol. The van der Waals surface area contributed by atoms with Crippen molar-refractivity contribution in [3.63, 3.8) is 0 Å². The van der Waals surface area contributed by atoms with Gasteiger partial charge >= 0.3 is 12.0 Å². The summed E-state index contributed by atoms with van der Waals surface area (Å²) in [5.41, 5.74) is 0. The van der Waals surface area contributed by atoms with Gasteiger partial charge in [-0.3, -0.25) is 4.90 Å². The summed E-state index contributed by atoms with van der Waals surface area (Å²) in [6.45, 7) is 4.76. The fraction of sp³-hybridized carbons (Fsp3) is 0.857. The largest absolute Gasteiger partial charge is 0.480 e. The fourth-order valence-corrected chi connectivity index (χ4v) is 4.13. The van der Waals surface area contributed by atoms with E-state index in [9.17, 15) is 9.59 Å². The van der Waals surface area contributed by atoms with Crippen LogP contribution in [0.5, 0.6) is 0 Å². The third-order valence-electron chi connectivity index (χ3n) is 4.41. The van der Waals surface area contributed by atoms with Crippen LogP contribution in [-0.2, 0) is 4.79 Å². The molecule has 6 nitrogen and oxygen atoms in total. The van der Waals surface area contributed by atoms with E-state index < -0.39 is 12.0 Å². The maximum absolute atomic E-state index is 12.2. The monoisotopic (exact) mass is 315 g/mol. The van der Waals surface area contributed by atoms with E-state index in [-0.39, 0.29) is 11.4 Å². The Balaban J connectivity index is 1.75. The summed E-state index contributed by atoms with van der Waals surface area (Å²) in [6.07, 6.45) is 3.34. The average Bonchev–Trinajstić information content (AvgIpc) is 2.83. The first-order valence-electron chi connectivity index (χ1n) is 7.58. The van der Waals surface area contributed by atoms with Crippen LogP contribution in [0.15, 0.2) is 0 Å². The number of nitrogens with zero attached hydrogens (tertiary/aromatic N) is 2. The third kappa shape index (κ3) is 4.26. The molecular formula is C14H25N3O3S. The Kier molecular flexibility index (Phi) is 5.75. The summed E-state index contributed by atoms with van der Waals surface area (Å²) in [4.78, 5) is 27.2. The molecule has 0 aromatic rings. The van der Waals surface area contributed by atoms with E-state index in [1.165, 1.54) is 29.5 Å². The van der Waals surface area contributed by atoms with Crippen molar-refractivity contribution in [3.05, 3.63) is 0 Å². The second-order valence-corrected chi connectivity index (χ2v) is 7.31. The van der Waals surface area contributed by atoms with Gasteiger partial charge in [-0.15, -0.1) is 11.8 Å². The Hall–Kier alpha value is -0.950. The molecule has 2 rings (SSSR count). The van der Waals surface area contributed by atoms with Crippen LogP contribution in [0.3, 0.4) is 0 Å². The van der Waals surface area contributed by atoms with E-state index >= 15 is 0 Å². The topological polar surface area (TPSA) is 72.9 Å². The number of rotatable bonds is 4. The van der Waals surface area contributed by atoms with Gasteiger partial charge in [0, 0.05) is 12.3 Å². The molecular weight excluding hydrogens is 290 g/mol. The molecule has 0 radical (unpaired) electrons. The van der Waals surface area contributed by atoms with Gasteiger partial charge in [0.25, 0.3) is 0 Å². The van der Waals surface area contributed by atoms with Crippen LogP contribution in [0.4, 0.5) is 4.79 Å². The van der Waals surface area contributed by atoms with Crippen molar-refractivity contribution in [1.82, 2.24) is 15.1 Å². The molecule has 7 heteroatoms. The molecule has 0 saturated carbocycles. The number of aliphatic carboxylic acids is 1. The van der Waals surface area contributed by atoms with Crippen molar-refractivity contribution >= 4 is 23.8 Å². The zero-order valence-electron chi connectivity index (χ0n) is 12.7. The summed E-state index contributed by atoms with van der Waals surface area (Å²) in [7, 11) is 2.14. The molecule has 2 N–H and O–H groups in total. The van der Waals surface area contributed by atoms with E-state index in [1.807, 2.05) is 6.92 Å². The molecule has 2 amide bonds. The van der Waals surface area contributed by atoms with E-state index in [0.717, 1.165) is 19.5 Å². The molecule has 0 aromatic carbocycles. The van der Waals surface area contributed by atoms with Crippen molar-refractivity contribution < 1.29 is 14.7 Å². The number of carbonyl (C=O) groups is 2. The lowest BCUT2D eigenvalue weighted by Crippen LogP contribution is -2.49. The molecule has 120 valence electrons. The minimum atomic E-state index is -0.919. The third-order valence-corrected chi connectivity index (χ3v) is 5.63. The van der Waals surface area contributed by atoms with E-state index in [1.54, 1.807) is 0 Å². The maximum atomic E-state index is 12.2. The summed E-state index contributed by atoms with van der Waals surface area (Å²) in [5.74, 6) is 0.221. The van der Waals surface area contributed by atoms with Gasteiger partial charge < -0.3 is 15.3 Å². The number of hydrogen-bond donors (Lipinski definition) is 2. The summed E-state index contributed by atoms with van der Waals surface area (Å²) in [6, 6.07) is -0.943. The smallest absolute Gasteiger partial charge is 0.327 e. The van der Waals surface area contributed by atoms with Gasteiger partial charge in [-0.25, -0.2) is 9.59 Å². The van der Waals surface area contributed by atoms with Crippen LogP contribution in [0.2, 0.25) is 0 Å². The van der Waals surface area contributed by atoms with Gasteiger partial charge in [0.1, 0.15) is 6.04 Å². The van der Waals surface area contributed by atoms with Crippen LogP contribution >= 0.6 is 11.8 Å². The highest BCUT2D eigenvalue weighted by Gasteiger charge is 2.39. The first-order valence-corrected chi connectivity index (χ1v) is 8.63. The lowest BCUT2D eigenvalue weighted by Gasteiger charge is -2.29. The zero-order valence-corrected chi connectivity index (χ0v) is 13.6. The van der Waals surface area contributed by atoms with E-state index in [4.69, 9.17) is 5.11 Å². The Morgan fingerprint density at radius 2 is 2.00 bits per heavy atom. The Labute approximate surface area is 130 Å². The zero-order chi connectivity index (χ0) is 15.4. The second-order valence-electron chi connectivity index (χ2n) is 5.96. The average molecular weight is 315 g/mol. The fourth-order valence-electron chi connectivity index (χ4n) is 2.97. The van der Waals surface area contributed by atoms with E-state index in [0.29, 0.717) is 18.2 Å². The molecule has 2 unspecified atom stereocenters.